The molecule has 0 amide bonds. The van der Waals surface area contributed by atoms with Gasteiger partial charge in [-0.3, -0.25) is 0 Å². The van der Waals surface area contributed by atoms with E-state index in [1.54, 1.807) is 19.1 Å². The van der Waals surface area contributed by atoms with Crippen LogP contribution in [0.15, 0.2) is 40.9 Å². The van der Waals surface area contributed by atoms with Gasteiger partial charge in [0, 0.05) is 12.1 Å². The van der Waals surface area contributed by atoms with Gasteiger partial charge in [0.05, 0.1) is 11.8 Å². The molecule has 9 heteroatoms. The first kappa shape index (κ1) is 16.9. The summed E-state index contributed by atoms with van der Waals surface area (Å²) in [5.74, 6) is 0.449. The smallest absolute Gasteiger partial charge is 0.416 e. The van der Waals surface area contributed by atoms with Crippen molar-refractivity contribution in [3.05, 3.63) is 59.2 Å². The second-order valence-corrected chi connectivity index (χ2v) is 5.23. The molecule has 0 saturated carbocycles. The quantitative estimate of drug-likeness (QED) is 0.713. The van der Waals surface area contributed by atoms with Crippen molar-refractivity contribution < 1.29 is 22.0 Å². The molecule has 0 bridgehead atoms. The van der Waals surface area contributed by atoms with Crippen molar-refractivity contribution in [1.82, 2.24) is 15.2 Å². The fraction of sp³-hybridized carbons (Fsp3) is 0.188. The number of halogens is 4. The third-order valence-electron chi connectivity index (χ3n) is 3.36. The Bertz CT molecular complexity index is 892. The van der Waals surface area contributed by atoms with Gasteiger partial charge in [0.1, 0.15) is 17.3 Å². The van der Waals surface area contributed by atoms with Crippen LogP contribution < -0.4 is 5.32 Å². The van der Waals surface area contributed by atoms with Crippen LogP contribution in [0.4, 0.5) is 23.5 Å². The van der Waals surface area contributed by atoms with Crippen LogP contribution in [-0.2, 0) is 12.7 Å². The molecule has 0 radical (unpaired) electrons. The summed E-state index contributed by atoms with van der Waals surface area (Å²) in [5, 5.41) is 10.1. The van der Waals surface area contributed by atoms with Crippen LogP contribution in [0.25, 0.3) is 11.5 Å². The number of aromatic nitrogens is 3. The first-order valence-corrected chi connectivity index (χ1v) is 7.19. The molecule has 1 aromatic carbocycles. The molecule has 5 nitrogen and oxygen atoms in total. The molecule has 3 rings (SSSR count). The minimum absolute atomic E-state index is 0.0448. The summed E-state index contributed by atoms with van der Waals surface area (Å²) in [7, 11) is 0. The largest absolute Gasteiger partial charge is 0.460 e. The summed E-state index contributed by atoms with van der Waals surface area (Å²) in [5.41, 5.74) is -0.683. The Morgan fingerprint density at radius 3 is 2.64 bits per heavy atom. The van der Waals surface area contributed by atoms with Crippen molar-refractivity contribution in [2.75, 3.05) is 5.32 Å². The first-order chi connectivity index (χ1) is 11.8. The Hall–Kier alpha value is -2.97. The topological polar surface area (TPSA) is 63.8 Å². The lowest BCUT2D eigenvalue weighted by atomic mass is 10.1. The number of anilines is 1. The van der Waals surface area contributed by atoms with Crippen LogP contribution in [0, 0.1) is 12.7 Å². The maximum absolute atomic E-state index is 13.7. The summed E-state index contributed by atoms with van der Waals surface area (Å²) in [4.78, 5) is 4.15. The summed E-state index contributed by atoms with van der Waals surface area (Å²) in [6.45, 7) is 1.55. The predicted octanol–water partition coefficient (Wildman–Crippen LogP) is 4.21. The number of alkyl halides is 3. The van der Waals surface area contributed by atoms with Gasteiger partial charge in [0.15, 0.2) is 5.76 Å². The number of nitrogens with zero attached hydrogens (tertiary/aromatic N) is 3. The lowest BCUT2D eigenvalue weighted by molar-refractivity contribution is -0.137. The summed E-state index contributed by atoms with van der Waals surface area (Å²) < 4.78 is 57.3. The SMILES string of the molecule is Cc1ccc(-c2cnnc(NCc3cc(C(F)(F)F)ccc3F)n2)o1. The zero-order valence-corrected chi connectivity index (χ0v) is 12.9. The predicted molar refractivity (Wildman–Crippen MR) is 81.0 cm³/mol. The fourth-order valence-corrected chi connectivity index (χ4v) is 2.13. The molecule has 0 aliphatic heterocycles. The third-order valence-corrected chi connectivity index (χ3v) is 3.36. The number of hydrogen-bond acceptors (Lipinski definition) is 5. The van der Waals surface area contributed by atoms with Crippen molar-refractivity contribution in [1.29, 1.82) is 0 Å². The number of rotatable bonds is 4. The van der Waals surface area contributed by atoms with E-state index in [0.717, 1.165) is 12.1 Å². The number of hydrogen-bond donors (Lipinski definition) is 1. The van der Waals surface area contributed by atoms with Gasteiger partial charge < -0.3 is 9.73 Å². The second kappa shape index (κ2) is 6.50. The lowest BCUT2D eigenvalue weighted by Crippen LogP contribution is -2.10. The van der Waals surface area contributed by atoms with Gasteiger partial charge in [0.25, 0.3) is 0 Å². The van der Waals surface area contributed by atoms with E-state index >= 15 is 0 Å². The molecule has 25 heavy (non-hydrogen) atoms. The van der Waals surface area contributed by atoms with E-state index in [1.807, 2.05) is 0 Å². The van der Waals surface area contributed by atoms with Crippen molar-refractivity contribution in [2.45, 2.75) is 19.6 Å². The van der Waals surface area contributed by atoms with Gasteiger partial charge in [-0.15, -0.1) is 5.10 Å². The van der Waals surface area contributed by atoms with E-state index in [9.17, 15) is 17.6 Å². The monoisotopic (exact) mass is 352 g/mol. The molecule has 0 aliphatic rings. The van der Waals surface area contributed by atoms with Gasteiger partial charge in [-0.1, -0.05) is 0 Å². The molecule has 0 atom stereocenters. The molecular formula is C16H12F4N4O. The molecule has 0 saturated heterocycles. The van der Waals surface area contributed by atoms with Crippen LogP contribution in [0.2, 0.25) is 0 Å². The summed E-state index contributed by atoms with van der Waals surface area (Å²) in [6, 6.07) is 5.67. The first-order valence-electron chi connectivity index (χ1n) is 7.19. The standard InChI is InChI=1S/C16H12F4N4O/c1-9-2-5-14(25-9)13-8-22-24-15(23-13)21-7-10-6-11(16(18,19)20)3-4-12(10)17/h2-6,8H,7H2,1H3,(H,21,23,24). The van der Waals surface area contributed by atoms with E-state index < -0.39 is 17.6 Å². The molecule has 3 aromatic rings. The van der Waals surface area contributed by atoms with Crippen LogP contribution in [0.1, 0.15) is 16.9 Å². The van der Waals surface area contributed by atoms with Gasteiger partial charge in [0.2, 0.25) is 5.95 Å². The molecule has 0 fully saturated rings. The Kier molecular flexibility index (Phi) is 4.39. The van der Waals surface area contributed by atoms with Crippen LogP contribution in [-0.4, -0.2) is 15.2 Å². The van der Waals surface area contributed by atoms with Crippen molar-refractivity contribution in [3.8, 4) is 11.5 Å². The molecule has 1 N–H and O–H groups in total. The van der Waals surface area contributed by atoms with Crippen molar-refractivity contribution in [2.24, 2.45) is 0 Å². The molecule has 130 valence electrons. The highest BCUT2D eigenvalue weighted by molar-refractivity contribution is 5.52. The highest BCUT2D eigenvalue weighted by atomic mass is 19.4. The van der Waals surface area contributed by atoms with Gasteiger partial charge in [-0.05, 0) is 37.3 Å². The number of furan rings is 1. The minimum Gasteiger partial charge on any atom is -0.460 e. The molecule has 0 aliphatic carbocycles. The molecule has 0 spiro atoms. The Morgan fingerprint density at radius 1 is 1.16 bits per heavy atom. The van der Waals surface area contributed by atoms with Crippen molar-refractivity contribution in [3.63, 3.8) is 0 Å². The minimum atomic E-state index is -4.54. The normalized spacial score (nSPS) is 11.6. The summed E-state index contributed by atoms with van der Waals surface area (Å²) in [6.07, 6.45) is -3.16. The van der Waals surface area contributed by atoms with Gasteiger partial charge in [-0.25, -0.2) is 9.37 Å². The van der Waals surface area contributed by atoms with Crippen LogP contribution in [0.5, 0.6) is 0 Å². The van der Waals surface area contributed by atoms with E-state index in [2.05, 4.69) is 20.5 Å². The Balaban J connectivity index is 1.78. The maximum atomic E-state index is 13.7. The van der Waals surface area contributed by atoms with E-state index in [-0.39, 0.29) is 18.1 Å². The molecule has 2 aromatic heterocycles. The molecular weight excluding hydrogens is 340 g/mol. The van der Waals surface area contributed by atoms with Crippen molar-refractivity contribution >= 4 is 5.95 Å². The molecule has 0 unspecified atom stereocenters. The average Bonchev–Trinajstić information content (AvgIpc) is 3.00. The van der Waals surface area contributed by atoms with E-state index in [1.165, 1.54) is 6.20 Å². The Labute approximate surface area is 139 Å². The highest BCUT2D eigenvalue weighted by Gasteiger charge is 2.31. The average molecular weight is 352 g/mol. The maximum Gasteiger partial charge on any atom is 0.416 e. The van der Waals surface area contributed by atoms with Crippen LogP contribution in [0.3, 0.4) is 0 Å². The Morgan fingerprint density at radius 2 is 1.96 bits per heavy atom. The second-order valence-electron chi connectivity index (χ2n) is 5.23. The van der Waals surface area contributed by atoms with E-state index in [4.69, 9.17) is 4.42 Å². The highest BCUT2D eigenvalue weighted by Crippen LogP contribution is 2.30. The zero-order valence-electron chi connectivity index (χ0n) is 12.9. The third kappa shape index (κ3) is 3.93. The zero-order chi connectivity index (χ0) is 18.0. The summed E-state index contributed by atoms with van der Waals surface area (Å²) >= 11 is 0. The lowest BCUT2D eigenvalue weighted by Gasteiger charge is -2.10. The number of nitrogens with one attached hydrogen (secondary N) is 1. The van der Waals surface area contributed by atoms with Crippen LogP contribution >= 0.6 is 0 Å². The number of aryl methyl sites for hydroxylation is 1. The van der Waals surface area contributed by atoms with Gasteiger partial charge >= 0.3 is 6.18 Å². The number of benzene rings is 1. The van der Waals surface area contributed by atoms with Gasteiger partial charge in [-0.2, -0.15) is 18.3 Å². The fourth-order valence-electron chi connectivity index (χ4n) is 2.13. The van der Waals surface area contributed by atoms with E-state index in [0.29, 0.717) is 23.3 Å². The molecule has 2 heterocycles.